The first kappa shape index (κ1) is 21.2. The highest BCUT2D eigenvalue weighted by Gasteiger charge is 2.24. The third-order valence-corrected chi connectivity index (χ3v) is 4.83. The van der Waals surface area contributed by atoms with Gasteiger partial charge in [0.1, 0.15) is 5.60 Å². The average Bonchev–Trinajstić information content (AvgIpc) is 3.08. The molecule has 0 spiro atoms. The largest absolute Gasteiger partial charge is 0.383 e. The number of guanidine groups is 1. The molecular formula is C19H34N6O2. The SMILES string of the molecule is CCNC(=NCC(C)(O)c1cnn(C)c1)NCCC(=O)NC1CCCCC1. The zero-order valence-electron chi connectivity index (χ0n) is 16.8. The zero-order valence-corrected chi connectivity index (χ0v) is 16.8. The summed E-state index contributed by atoms with van der Waals surface area (Å²) in [4.78, 5) is 16.6. The molecule has 1 fully saturated rings. The number of hydrogen-bond acceptors (Lipinski definition) is 4. The van der Waals surface area contributed by atoms with Gasteiger partial charge in [0.25, 0.3) is 0 Å². The Hall–Kier alpha value is -2.09. The Balaban J connectivity index is 1.79. The summed E-state index contributed by atoms with van der Waals surface area (Å²) in [7, 11) is 1.81. The minimum atomic E-state index is -1.10. The van der Waals surface area contributed by atoms with Crippen molar-refractivity contribution in [2.45, 2.75) is 64.0 Å². The molecule has 1 atom stereocenters. The summed E-state index contributed by atoms with van der Waals surface area (Å²) in [5.74, 6) is 0.666. The second-order valence-corrected chi connectivity index (χ2v) is 7.45. The van der Waals surface area contributed by atoms with E-state index < -0.39 is 5.60 Å². The maximum atomic E-state index is 12.1. The molecule has 8 heteroatoms. The number of aliphatic imine (C=N–C) groups is 1. The molecule has 1 heterocycles. The van der Waals surface area contributed by atoms with Gasteiger partial charge in [0.05, 0.1) is 12.7 Å². The fourth-order valence-electron chi connectivity index (χ4n) is 3.21. The van der Waals surface area contributed by atoms with E-state index in [9.17, 15) is 9.90 Å². The topological polar surface area (TPSA) is 104 Å². The monoisotopic (exact) mass is 378 g/mol. The molecule has 27 heavy (non-hydrogen) atoms. The molecule has 152 valence electrons. The van der Waals surface area contributed by atoms with E-state index in [0.29, 0.717) is 31.5 Å². The first-order chi connectivity index (χ1) is 12.9. The molecular weight excluding hydrogens is 344 g/mol. The molecule has 0 saturated heterocycles. The third-order valence-electron chi connectivity index (χ3n) is 4.83. The molecule has 0 aliphatic heterocycles. The normalized spacial score (nSPS) is 18.0. The zero-order chi connectivity index (χ0) is 19.7. The van der Waals surface area contributed by atoms with Crippen LogP contribution >= 0.6 is 0 Å². The van der Waals surface area contributed by atoms with Crippen LogP contribution in [0.15, 0.2) is 17.4 Å². The van der Waals surface area contributed by atoms with Crippen molar-refractivity contribution >= 4 is 11.9 Å². The predicted molar refractivity (Wildman–Crippen MR) is 106 cm³/mol. The summed E-state index contributed by atoms with van der Waals surface area (Å²) in [5, 5.41) is 24.2. The van der Waals surface area contributed by atoms with Crippen LogP contribution in [0, 0.1) is 0 Å². The first-order valence-corrected chi connectivity index (χ1v) is 9.94. The van der Waals surface area contributed by atoms with Crippen molar-refractivity contribution in [3.8, 4) is 0 Å². The highest BCUT2D eigenvalue weighted by atomic mass is 16.3. The van der Waals surface area contributed by atoms with E-state index in [-0.39, 0.29) is 12.5 Å². The van der Waals surface area contributed by atoms with Gasteiger partial charge in [0.2, 0.25) is 5.91 Å². The lowest BCUT2D eigenvalue weighted by Gasteiger charge is -2.23. The van der Waals surface area contributed by atoms with Crippen LogP contribution in [0.5, 0.6) is 0 Å². The Morgan fingerprint density at radius 1 is 1.37 bits per heavy atom. The van der Waals surface area contributed by atoms with Gasteiger partial charge in [-0.25, -0.2) is 4.99 Å². The maximum Gasteiger partial charge on any atom is 0.221 e. The molecule has 8 nitrogen and oxygen atoms in total. The van der Waals surface area contributed by atoms with Crippen LogP contribution < -0.4 is 16.0 Å². The number of rotatable bonds is 8. The lowest BCUT2D eigenvalue weighted by atomic mass is 9.95. The summed E-state index contributed by atoms with van der Waals surface area (Å²) in [5.41, 5.74) is -0.383. The molecule has 0 radical (unpaired) electrons. The highest BCUT2D eigenvalue weighted by molar-refractivity contribution is 5.81. The van der Waals surface area contributed by atoms with Crippen molar-refractivity contribution in [3.05, 3.63) is 18.0 Å². The third kappa shape index (κ3) is 7.21. The second kappa shape index (κ2) is 10.3. The Bertz CT molecular complexity index is 619. The lowest BCUT2D eigenvalue weighted by Crippen LogP contribution is -2.42. The molecule has 1 unspecified atom stereocenters. The lowest BCUT2D eigenvalue weighted by molar-refractivity contribution is -0.121. The molecule has 1 saturated carbocycles. The van der Waals surface area contributed by atoms with Gasteiger partial charge in [-0.1, -0.05) is 19.3 Å². The minimum absolute atomic E-state index is 0.0765. The summed E-state index contributed by atoms with van der Waals surface area (Å²) >= 11 is 0. The number of amides is 1. The smallest absolute Gasteiger partial charge is 0.221 e. The Labute approximate surface area is 161 Å². The second-order valence-electron chi connectivity index (χ2n) is 7.45. The number of aryl methyl sites for hydroxylation is 1. The number of aromatic nitrogens is 2. The van der Waals surface area contributed by atoms with E-state index in [0.717, 1.165) is 18.4 Å². The molecule has 1 aromatic rings. The summed E-state index contributed by atoms with van der Waals surface area (Å²) in [6.07, 6.45) is 9.70. The van der Waals surface area contributed by atoms with E-state index in [1.165, 1.54) is 19.3 Å². The Morgan fingerprint density at radius 3 is 2.74 bits per heavy atom. The van der Waals surface area contributed by atoms with Gasteiger partial charge < -0.3 is 21.1 Å². The van der Waals surface area contributed by atoms with Gasteiger partial charge in [-0.3, -0.25) is 9.48 Å². The Kier molecular flexibility index (Phi) is 8.09. The van der Waals surface area contributed by atoms with Crippen LogP contribution in [0.25, 0.3) is 0 Å². The van der Waals surface area contributed by atoms with E-state index >= 15 is 0 Å². The fourth-order valence-corrected chi connectivity index (χ4v) is 3.21. The van der Waals surface area contributed by atoms with Crippen molar-refractivity contribution in [1.82, 2.24) is 25.7 Å². The van der Waals surface area contributed by atoms with Crippen LogP contribution in [-0.4, -0.2) is 52.4 Å². The molecule has 1 aromatic heterocycles. The van der Waals surface area contributed by atoms with Gasteiger partial charge in [-0.15, -0.1) is 0 Å². The maximum absolute atomic E-state index is 12.1. The van der Waals surface area contributed by atoms with Crippen molar-refractivity contribution in [2.75, 3.05) is 19.6 Å². The van der Waals surface area contributed by atoms with Crippen molar-refractivity contribution in [2.24, 2.45) is 12.0 Å². The first-order valence-electron chi connectivity index (χ1n) is 9.94. The van der Waals surface area contributed by atoms with E-state index in [2.05, 4.69) is 26.0 Å². The van der Waals surface area contributed by atoms with E-state index in [1.807, 2.05) is 14.0 Å². The van der Waals surface area contributed by atoms with Crippen LogP contribution in [-0.2, 0) is 17.4 Å². The molecule has 1 aliphatic rings. The summed E-state index contributed by atoms with van der Waals surface area (Å²) in [6, 6.07) is 0.336. The van der Waals surface area contributed by atoms with Crippen LogP contribution in [0.3, 0.4) is 0 Å². The predicted octanol–water partition coefficient (Wildman–Crippen LogP) is 1.02. The number of nitrogens with one attached hydrogen (secondary N) is 3. The standard InChI is InChI=1S/C19H34N6O2/c1-4-20-18(22-14-19(2,27)15-12-23-25(3)13-15)21-11-10-17(26)24-16-8-6-5-7-9-16/h12-13,16,27H,4-11,14H2,1-3H3,(H,24,26)(H2,20,21,22). The number of carbonyl (C=O) groups is 1. The van der Waals surface area contributed by atoms with Crippen molar-refractivity contribution in [1.29, 1.82) is 0 Å². The summed E-state index contributed by atoms with van der Waals surface area (Å²) in [6.45, 7) is 5.10. The van der Waals surface area contributed by atoms with Crippen molar-refractivity contribution < 1.29 is 9.90 Å². The van der Waals surface area contributed by atoms with E-state index in [4.69, 9.17) is 0 Å². The molecule has 4 N–H and O–H groups in total. The summed E-state index contributed by atoms with van der Waals surface area (Å²) < 4.78 is 1.65. The number of nitrogens with zero attached hydrogens (tertiary/aromatic N) is 3. The van der Waals surface area contributed by atoms with Crippen LogP contribution in [0.4, 0.5) is 0 Å². The molecule has 0 aromatic carbocycles. The average molecular weight is 379 g/mol. The minimum Gasteiger partial charge on any atom is -0.383 e. The molecule has 1 aliphatic carbocycles. The number of hydrogen-bond donors (Lipinski definition) is 4. The van der Waals surface area contributed by atoms with Gasteiger partial charge >= 0.3 is 0 Å². The van der Waals surface area contributed by atoms with Crippen LogP contribution in [0.2, 0.25) is 0 Å². The van der Waals surface area contributed by atoms with Gasteiger partial charge in [0.15, 0.2) is 5.96 Å². The number of carbonyl (C=O) groups excluding carboxylic acids is 1. The highest BCUT2D eigenvalue weighted by Crippen LogP contribution is 2.20. The Morgan fingerprint density at radius 2 is 2.11 bits per heavy atom. The number of aliphatic hydroxyl groups is 1. The fraction of sp³-hybridized carbons (Fsp3) is 0.737. The van der Waals surface area contributed by atoms with Crippen molar-refractivity contribution in [3.63, 3.8) is 0 Å². The van der Waals surface area contributed by atoms with E-state index in [1.54, 1.807) is 24.0 Å². The van der Waals surface area contributed by atoms with Gasteiger partial charge in [-0.05, 0) is 26.7 Å². The van der Waals surface area contributed by atoms with Gasteiger partial charge in [0, 0.05) is 44.4 Å². The quantitative estimate of drug-likeness (QED) is 0.399. The van der Waals surface area contributed by atoms with Gasteiger partial charge in [-0.2, -0.15) is 5.10 Å². The molecule has 1 amide bonds. The van der Waals surface area contributed by atoms with Crippen LogP contribution in [0.1, 0.15) is 57.9 Å². The molecule has 2 rings (SSSR count). The molecule has 0 bridgehead atoms.